The maximum Gasteiger partial charge on any atom is 0.298 e. The van der Waals surface area contributed by atoms with Crippen molar-refractivity contribution in [1.82, 2.24) is 10.3 Å². The van der Waals surface area contributed by atoms with E-state index in [1.165, 1.54) is 0 Å². The van der Waals surface area contributed by atoms with Gasteiger partial charge >= 0.3 is 0 Å². The summed E-state index contributed by atoms with van der Waals surface area (Å²) in [4.78, 5) is 18.7. The predicted molar refractivity (Wildman–Crippen MR) is 87.2 cm³/mol. The first kappa shape index (κ1) is 15.2. The van der Waals surface area contributed by atoms with Gasteiger partial charge in [-0.2, -0.15) is 4.98 Å². The highest BCUT2D eigenvalue weighted by Gasteiger charge is 2.32. The Morgan fingerprint density at radius 1 is 1.45 bits per heavy atom. The summed E-state index contributed by atoms with van der Waals surface area (Å²) in [5, 5.41) is 3.67. The molecule has 1 atom stereocenters. The van der Waals surface area contributed by atoms with Crippen LogP contribution < -0.4 is 10.2 Å². The largest absolute Gasteiger partial charge is 0.423 e. The lowest BCUT2D eigenvalue weighted by Crippen LogP contribution is -2.44. The van der Waals surface area contributed by atoms with E-state index in [9.17, 15) is 4.79 Å². The van der Waals surface area contributed by atoms with Crippen LogP contribution in [0.4, 0.5) is 6.01 Å². The third-order valence-electron chi connectivity index (χ3n) is 3.67. The minimum absolute atomic E-state index is 0.0298. The Morgan fingerprint density at radius 2 is 2.23 bits per heavy atom. The first-order valence-electron chi connectivity index (χ1n) is 7.45. The zero-order valence-electron chi connectivity index (χ0n) is 13.0. The Bertz CT molecular complexity index is 705. The summed E-state index contributed by atoms with van der Waals surface area (Å²) < 4.78 is 5.76. The first-order valence-corrected chi connectivity index (χ1v) is 7.83. The number of nitrogens with one attached hydrogen (secondary N) is 1. The van der Waals surface area contributed by atoms with Gasteiger partial charge in [0.25, 0.3) is 6.01 Å². The molecular formula is C16H20ClN3O2. The average Bonchev–Trinajstić information content (AvgIpc) is 3.02. The van der Waals surface area contributed by atoms with Gasteiger partial charge in [0, 0.05) is 23.7 Å². The number of hydrogen-bond donors (Lipinski definition) is 1. The van der Waals surface area contributed by atoms with Crippen molar-refractivity contribution in [2.24, 2.45) is 5.92 Å². The van der Waals surface area contributed by atoms with E-state index in [4.69, 9.17) is 16.0 Å². The van der Waals surface area contributed by atoms with E-state index in [1.54, 1.807) is 12.1 Å². The van der Waals surface area contributed by atoms with Crippen LogP contribution in [-0.2, 0) is 4.79 Å². The number of halogens is 1. The first-order chi connectivity index (χ1) is 10.3. The Balaban J connectivity index is 1.72. The zero-order chi connectivity index (χ0) is 15.9. The van der Waals surface area contributed by atoms with Gasteiger partial charge in [-0.05, 0) is 45.4 Å². The highest BCUT2D eigenvalue weighted by Crippen LogP contribution is 2.28. The lowest BCUT2D eigenvalue weighted by Gasteiger charge is -2.23. The van der Waals surface area contributed by atoms with Crippen LogP contribution in [0.3, 0.4) is 0 Å². The maximum atomic E-state index is 12.2. The molecule has 2 aromatic rings. The number of nitrogens with zero attached hydrogens (tertiary/aromatic N) is 2. The summed E-state index contributed by atoms with van der Waals surface area (Å²) >= 11 is 5.97. The number of carbonyl (C=O) groups excluding carboxylic acids is 1. The van der Waals surface area contributed by atoms with Crippen molar-refractivity contribution in [1.29, 1.82) is 0 Å². The van der Waals surface area contributed by atoms with E-state index < -0.39 is 0 Å². The number of amides is 1. The molecule has 1 fully saturated rings. The fourth-order valence-corrected chi connectivity index (χ4v) is 2.81. The Morgan fingerprint density at radius 3 is 2.95 bits per heavy atom. The number of aromatic nitrogens is 1. The van der Waals surface area contributed by atoms with Crippen LogP contribution in [0.1, 0.15) is 27.2 Å². The van der Waals surface area contributed by atoms with Gasteiger partial charge in [-0.3, -0.25) is 4.79 Å². The van der Waals surface area contributed by atoms with Crippen molar-refractivity contribution in [3.05, 3.63) is 23.2 Å². The molecule has 1 N–H and O–H groups in total. The quantitative estimate of drug-likeness (QED) is 0.922. The van der Waals surface area contributed by atoms with Crippen molar-refractivity contribution in [2.75, 3.05) is 18.0 Å². The van der Waals surface area contributed by atoms with Crippen molar-refractivity contribution in [2.45, 2.75) is 32.7 Å². The molecule has 0 spiro atoms. The van der Waals surface area contributed by atoms with Gasteiger partial charge in [0.15, 0.2) is 5.58 Å². The Kier molecular flexibility index (Phi) is 3.77. The summed E-state index contributed by atoms with van der Waals surface area (Å²) in [5.41, 5.74) is 1.24. The molecule has 1 unspecified atom stereocenters. The lowest BCUT2D eigenvalue weighted by atomic mass is 10.0. The summed E-state index contributed by atoms with van der Waals surface area (Å²) in [6.07, 6.45) is 0.807. The van der Waals surface area contributed by atoms with Crippen molar-refractivity contribution in [3.63, 3.8) is 0 Å². The smallest absolute Gasteiger partial charge is 0.298 e. The molecule has 118 valence electrons. The summed E-state index contributed by atoms with van der Waals surface area (Å²) in [7, 11) is 0. The van der Waals surface area contributed by atoms with Crippen LogP contribution in [0.5, 0.6) is 0 Å². The standard InChI is InChI=1S/C16H20ClN3O2/c1-16(2,3)19-14(21)10-6-7-20(9-10)15-18-12-8-11(17)4-5-13(12)22-15/h4-5,8,10H,6-7,9H2,1-3H3,(H,19,21). The van der Waals surface area contributed by atoms with Crippen molar-refractivity contribution < 1.29 is 9.21 Å². The molecule has 0 aliphatic carbocycles. The van der Waals surface area contributed by atoms with Gasteiger partial charge in [-0.15, -0.1) is 0 Å². The number of benzene rings is 1. The molecule has 6 heteroatoms. The molecule has 3 rings (SSSR count). The van der Waals surface area contributed by atoms with Crippen LogP contribution in [0.15, 0.2) is 22.6 Å². The zero-order valence-corrected chi connectivity index (χ0v) is 13.8. The summed E-state index contributed by atoms with van der Waals surface area (Å²) in [5.74, 6) is 0.0620. The predicted octanol–water partition coefficient (Wildman–Crippen LogP) is 3.22. The van der Waals surface area contributed by atoms with Crippen LogP contribution in [0.2, 0.25) is 5.02 Å². The number of hydrogen-bond acceptors (Lipinski definition) is 4. The van der Waals surface area contributed by atoms with Gasteiger partial charge in [-0.1, -0.05) is 11.6 Å². The molecular weight excluding hydrogens is 302 g/mol. The number of oxazole rings is 1. The SMILES string of the molecule is CC(C)(C)NC(=O)C1CCN(c2nc3cc(Cl)ccc3o2)C1. The highest BCUT2D eigenvalue weighted by atomic mass is 35.5. The molecule has 1 saturated heterocycles. The minimum atomic E-state index is -0.209. The number of carbonyl (C=O) groups is 1. The molecule has 1 aliphatic heterocycles. The second-order valence-corrected chi connectivity index (χ2v) is 7.22. The Labute approximate surface area is 134 Å². The van der Waals surface area contributed by atoms with Crippen molar-refractivity contribution >= 4 is 34.6 Å². The second-order valence-electron chi connectivity index (χ2n) is 6.78. The third kappa shape index (κ3) is 3.19. The second kappa shape index (κ2) is 5.47. The lowest BCUT2D eigenvalue weighted by molar-refractivity contribution is -0.125. The molecule has 0 bridgehead atoms. The van der Waals surface area contributed by atoms with Gasteiger partial charge in [0.2, 0.25) is 5.91 Å². The molecule has 5 nitrogen and oxygen atoms in total. The van der Waals surface area contributed by atoms with Crippen molar-refractivity contribution in [3.8, 4) is 0 Å². The summed E-state index contributed by atoms with van der Waals surface area (Å²) in [6, 6.07) is 5.93. The topological polar surface area (TPSA) is 58.4 Å². The van der Waals surface area contributed by atoms with E-state index in [2.05, 4.69) is 10.3 Å². The van der Waals surface area contributed by atoms with Gasteiger partial charge in [0.1, 0.15) is 5.52 Å². The Hall–Kier alpha value is -1.75. The highest BCUT2D eigenvalue weighted by molar-refractivity contribution is 6.31. The van der Waals surface area contributed by atoms with E-state index in [0.29, 0.717) is 23.2 Å². The van der Waals surface area contributed by atoms with Gasteiger partial charge in [0.05, 0.1) is 5.92 Å². The van der Waals surface area contributed by atoms with E-state index in [1.807, 2.05) is 31.7 Å². The van der Waals surface area contributed by atoms with Crippen LogP contribution in [0, 0.1) is 5.92 Å². The van der Waals surface area contributed by atoms with E-state index >= 15 is 0 Å². The van der Waals surface area contributed by atoms with Crippen LogP contribution in [-0.4, -0.2) is 29.5 Å². The molecule has 1 amide bonds. The normalized spacial score (nSPS) is 18.9. The molecule has 1 aliphatic rings. The van der Waals surface area contributed by atoms with Crippen LogP contribution >= 0.6 is 11.6 Å². The third-order valence-corrected chi connectivity index (χ3v) is 3.90. The van der Waals surface area contributed by atoms with Gasteiger partial charge < -0.3 is 14.6 Å². The fourth-order valence-electron chi connectivity index (χ4n) is 2.64. The molecule has 1 aromatic carbocycles. The molecule has 0 saturated carbocycles. The molecule has 2 heterocycles. The van der Waals surface area contributed by atoms with E-state index in [-0.39, 0.29) is 17.4 Å². The molecule has 1 aromatic heterocycles. The average molecular weight is 322 g/mol. The fraction of sp³-hybridized carbons (Fsp3) is 0.500. The minimum Gasteiger partial charge on any atom is -0.423 e. The monoisotopic (exact) mass is 321 g/mol. The van der Waals surface area contributed by atoms with Crippen LogP contribution in [0.25, 0.3) is 11.1 Å². The van der Waals surface area contributed by atoms with Gasteiger partial charge in [-0.25, -0.2) is 0 Å². The molecule has 22 heavy (non-hydrogen) atoms. The number of rotatable bonds is 2. The maximum absolute atomic E-state index is 12.2. The van der Waals surface area contributed by atoms with E-state index in [0.717, 1.165) is 18.5 Å². The number of anilines is 1. The number of fused-ring (bicyclic) bond motifs is 1. The summed E-state index contributed by atoms with van der Waals surface area (Å²) in [6.45, 7) is 7.36. The molecule has 0 radical (unpaired) electrons.